The molecule has 1 aliphatic heterocycles. The normalized spacial score (nSPS) is 19.4. The predicted octanol–water partition coefficient (Wildman–Crippen LogP) is 4.05. The molecule has 0 spiro atoms. The van der Waals surface area contributed by atoms with E-state index < -0.39 is 6.43 Å². The number of piperidine rings is 1. The van der Waals surface area contributed by atoms with E-state index in [0.29, 0.717) is 30.8 Å². The number of alkyl halides is 2. The van der Waals surface area contributed by atoms with E-state index in [1.54, 1.807) is 30.5 Å². The molecule has 2 unspecified atom stereocenters. The largest absolute Gasteiger partial charge is 0.356 e. The SMILES string of the molecule is CC(C)OC1CC(NC(=O)c2ccc3[nH]ncc3c2)CCN1c1cccc(C(F)F)n1. The molecule has 3 heterocycles. The maximum atomic E-state index is 13.1. The highest BCUT2D eigenvalue weighted by Gasteiger charge is 2.32. The first kappa shape index (κ1) is 21.2. The molecule has 7 nitrogen and oxygen atoms in total. The number of nitrogens with one attached hydrogen (secondary N) is 2. The second-order valence-electron chi connectivity index (χ2n) is 7.92. The molecule has 1 amide bonds. The van der Waals surface area contributed by atoms with E-state index >= 15 is 0 Å². The van der Waals surface area contributed by atoms with Gasteiger partial charge in [-0.05, 0) is 50.6 Å². The molecule has 1 aliphatic rings. The fourth-order valence-electron chi connectivity index (χ4n) is 3.84. The van der Waals surface area contributed by atoms with Crippen LogP contribution in [-0.2, 0) is 4.74 Å². The minimum absolute atomic E-state index is 0.0660. The van der Waals surface area contributed by atoms with Crippen molar-refractivity contribution in [3.8, 4) is 0 Å². The molecule has 0 bridgehead atoms. The zero-order chi connectivity index (χ0) is 22.0. The van der Waals surface area contributed by atoms with E-state index in [1.807, 2.05) is 24.8 Å². The van der Waals surface area contributed by atoms with Crippen molar-refractivity contribution in [3.63, 3.8) is 0 Å². The average Bonchev–Trinajstić information content (AvgIpc) is 3.21. The summed E-state index contributed by atoms with van der Waals surface area (Å²) in [6.07, 6.45) is -0.220. The number of ether oxygens (including phenoxy) is 1. The number of carbonyl (C=O) groups excluding carboxylic acids is 1. The van der Waals surface area contributed by atoms with Gasteiger partial charge in [-0.25, -0.2) is 13.8 Å². The molecule has 0 radical (unpaired) electrons. The maximum Gasteiger partial charge on any atom is 0.280 e. The third-order valence-electron chi connectivity index (χ3n) is 5.29. The van der Waals surface area contributed by atoms with Crippen molar-refractivity contribution < 1.29 is 18.3 Å². The molecule has 2 atom stereocenters. The van der Waals surface area contributed by atoms with Gasteiger partial charge in [0.15, 0.2) is 0 Å². The number of rotatable bonds is 6. The topological polar surface area (TPSA) is 83.1 Å². The second kappa shape index (κ2) is 8.97. The minimum Gasteiger partial charge on any atom is -0.356 e. The third kappa shape index (κ3) is 4.82. The summed E-state index contributed by atoms with van der Waals surface area (Å²) in [5, 5.41) is 10.8. The lowest BCUT2D eigenvalue weighted by atomic mass is 10.0. The van der Waals surface area contributed by atoms with Crippen molar-refractivity contribution in [2.45, 2.75) is 51.5 Å². The predicted molar refractivity (Wildman–Crippen MR) is 113 cm³/mol. The van der Waals surface area contributed by atoms with E-state index in [9.17, 15) is 13.6 Å². The Balaban J connectivity index is 1.48. The number of benzene rings is 1. The molecule has 9 heteroatoms. The molecule has 1 fully saturated rings. The zero-order valence-electron chi connectivity index (χ0n) is 17.4. The van der Waals surface area contributed by atoms with Gasteiger partial charge in [0.2, 0.25) is 0 Å². The van der Waals surface area contributed by atoms with Crippen LogP contribution in [0.15, 0.2) is 42.6 Å². The van der Waals surface area contributed by atoms with E-state index in [4.69, 9.17) is 4.74 Å². The van der Waals surface area contributed by atoms with Crippen LogP contribution in [-0.4, -0.2) is 46.0 Å². The molecule has 1 aromatic carbocycles. The van der Waals surface area contributed by atoms with Crippen molar-refractivity contribution >= 4 is 22.6 Å². The summed E-state index contributed by atoms with van der Waals surface area (Å²) < 4.78 is 32.3. The smallest absolute Gasteiger partial charge is 0.280 e. The standard InChI is InChI=1S/C22H25F2N5O2/c1-13(2)31-20-11-16(8-9-29(20)19-5-3-4-18(27-19)21(23)24)26-22(30)14-6-7-17-15(10-14)12-25-28-17/h3-7,10,12-13,16,20-21H,8-9,11H2,1-2H3,(H,25,28)(H,26,30). The molecule has 164 valence electrons. The molecule has 0 aliphatic carbocycles. The summed E-state index contributed by atoms with van der Waals surface area (Å²) in [6, 6.07) is 9.88. The molecule has 0 saturated carbocycles. The summed E-state index contributed by atoms with van der Waals surface area (Å²) in [4.78, 5) is 18.8. The number of nitrogens with zero attached hydrogens (tertiary/aromatic N) is 3. The number of halogens is 2. The Labute approximate surface area is 178 Å². The minimum atomic E-state index is -2.63. The highest BCUT2D eigenvalue weighted by Crippen LogP contribution is 2.27. The average molecular weight is 429 g/mol. The lowest BCUT2D eigenvalue weighted by Gasteiger charge is -2.41. The number of hydrogen-bond donors (Lipinski definition) is 2. The van der Waals surface area contributed by atoms with Crippen LogP contribution in [0.4, 0.5) is 14.6 Å². The van der Waals surface area contributed by atoms with Gasteiger partial charge in [-0.3, -0.25) is 9.89 Å². The van der Waals surface area contributed by atoms with Crippen LogP contribution in [0.3, 0.4) is 0 Å². The van der Waals surface area contributed by atoms with Gasteiger partial charge in [0, 0.05) is 30.0 Å². The van der Waals surface area contributed by atoms with Gasteiger partial charge in [0.1, 0.15) is 17.7 Å². The first-order valence-electron chi connectivity index (χ1n) is 10.3. The Morgan fingerprint density at radius 2 is 2.13 bits per heavy atom. The van der Waals surface area contributed by atoms with Crippen molar-refractivity contribution in [1.29, 1.82) is 0 Å². The van der Waals surface area contributed by atoms with E-state index in [0.717, 1.165) is 10.9 Å². The number of aromatic amines is 1. The number of pyridine rings is 1. The number of amides is 1. The van der Waals surface area contributed by atoms with Gasteiger partial charge in [-0.1, -0.05) is 6.07 Å². The van der Waals surface area contributed by atoms with Crippen LogP contribution < -0.4 is 10.2 Å². The summed E-state index contributed by atoms with van der Waals surface area (Å²) in [6.45, 7) is 4.37. The third-order valence-corrected chi connectivity index (χ3v) is 5.29. The zero-order valence-corrected chi connectivity index (χ0v) is 17.4. The number of H-pyrrole nitrogens is 1. The Kier molecular flexibility index (Phi) is 6.13. The lowest BCUT2D eigenvalue weighted by Crippen LogP contribution is -2.52. The maximum absolute atomic E-state index is 13.1. The van der Waals surface area contributed by atoms with Gasteiger partial charge >= 0.3 is 0 Å². The molecular weight excluding hydrogens is 404 g/mol. The van der Waals surface area contributed by atoms with Crippen LogP contribution in [0.25, 0.3) is 10.9 Å². The molecule has 4 rings (SSSR count). The fraction of sp³-hybridized carbons (Fsp3) is 0.409. The van der Waals surface area contributed by atoms with Crippen LogP contribution >= 0.6 is 0 Å². The van der Waals surface area contributed by atoms with Crippen LogP contribution in [0.1, 0.15) is 49.2 Å². The summed E-state index contributed by atoms with van der Waals surface area (Å²) in [7, 11) is 0. The Morgan fingerprint density at radius 1 is 1.29 bits per heavy atom. The van der Waals surface area contributed by atoms with Crippen LogP contribution in [0.2, 0.25) is 0 Å². The van der Waals surface area contributed by atoms with Gasteiger partial charge in [0.05, 0.1) is 17.8 Å². The van der Waals surface area contributed by atoms with Crippen molar-refractivity contribution in [2.24, 2.45) is 0 Å². The molecule has 3 aromatic rings. The van der Waals surface area contributed by atoms with Crippen LogP contribution in [0, 0.1) is 0 Å². The van der Waals surface area contributed by atoms with Gasteiger partial charge in [-0.2, -0.15) is 5.10 Å². The number of hydrogen-bond acceptors (Lipinski definition) is 5. The fourth-order valence-corrected chi connectivity index (χ4v) is 3.84. The summed E-state index contributed by atoms with van der Waals surface area (Å²) >= 11 is 0. The Morgan fingerprint density at radius 3 is 2.90 bits per heavy atom. The molecule has 2 aromatic heterocycles. The summed E-state index contributed by atoms with van der Waals surface area (Å²) in [5.41, 5.74) is 1.17. The van der Waals surface area contributed by atoms with Gasteiger partial charge < -0.3 is 15.0 Å². The van der Waals surface area contributed by atoms with Gasteiger partial charge in [0.25, 0.3) is 12.3 Å². The molecular formula is C22H25F2N5O2. The first-order valence-corrected chi connectivity index (χ1v) is 10.3. The number of aromatic nitrogens is 3. The van der Waals surface area contributed by atoms with E-state index in [1.165, 1.54) is 6.07 Å². The molecule has 31 heavy (non-hydrogen) atoms. The quantitative estimate of drug-likeness (QED) is 0.618. The second-order valence-corrected chi connectivity index (χ2v) is 7.92. The van der Waals surface area contributed by atoms with E-state index in [-0.39, 0.29) is 30.0 Å². The highest BCUT2D eigenvalue weighted by molar-refractivity contribution is 5.98. The number of anilines is 1. The van der Waals surface area contributed by atoms with E-state index in [2.05, 4.69) is 20.5 Å². The Bertz CT molecular complexity index is 1060. The van der Waals surface area contributed by atoms with Gasteiger partial charge in [-0.15, -0.1) is 0 Å². The monoisotopic (exact) mass is 429 g/mol. The van der Waals surface area contributed by atoms with Crippen LogP contribution in [0.5, 0.6) is 0 Å². The van der Waals surface area contributed by atoms with Crippen molar-refractivity contribution in [2.75, 3.05) is 11.4 Å². The first-order chi connectivity index (χ1) is 14.9. The highest BCUT2D eigenvalue weighted by atomic mass is 19.3. The number of carbonyl (C=O) groups is 1. The number of fused-ring (bicyclic) bond motifs is 1. The summed E-state index contributed by atoms with van der Waals surface area (Å²) in [5.74, 6) is 0.293. The molecule has 1 saturated heterocycles. The Hall–Kier alpha value is -3.07. The van der Waals surface area contributed by atoms with Crippen molar-refractivity contribution in [1.82, 2.24) is 20.5 Å². The van der Waals surface area contributed by atoms with Crippen molar-refractivity contribution in [3.05, 3.63) is 53.9 Å². The molecule has 2 N–H and O–H groups in total. The lowest BCUT2D eigenvalue weighted by molar-refractivity contribution is -0.0129.